The first-order valence-electron chi connectivity index (χ1n) is 7.09. The topological polar surface area (TPSA) is 55.6 Å². The molecule has 0 atom stereocenters. The minimum Gasteiger partial charge on any atom is -0.369 e. The lowest BCUT2D eigenvalue weighted by atomic mass is 9.92. The second kappa shape index (κ2) is 7.10. The first kappa shape index (κ1) is 15.4. The second-order valence-corrected chi connectivity index (χ2v) is 5.65. The third-order valence-corrected chi connectivity index (χ3v) is 3.90. The van der Waals surface area contributed by atoms with Gasteiger partial charge < -0.3 is 15.4 Å². The molecule has 0 aromatic rings. The zero-order chi connectivity index (χ0) is 13.6. The van der Waals surface area contributed by atoms with Crippen LogP contribution in [-0.2, 0) is 9.53 Å². The molecule has 106 valence electrons. The van der Waals surface area contributed by atoms with Gasteiger partial charge in [-0.15, -0.1) is 0 Å². The van der Waals surface area contributed by atoms with Crippen LogP contribution in [0.4, 0.5) is 0 Å². The lowest BCUT2D eigenvalue weighted by molar-refractivity contribution is -0.154. The van der Waals surface area contributed by atoms with Gasteiger partial charge in [0, 0.05) is 19.7 Å². The Morgan fingerprint density at radius 1 is 1.33 bits per heavy atom. The molecule has 4 nitrogen and oxygen atoms in total. The molecule has 1 amide bonds. The normalized spacial score (nSPS) is 17.8. The SMILES string of the molecule is COC(C)(C)C(=O)N(CCCN)C1CCCCC1. The number of hydrogen-bond acceptors (Lipinski definition) is 3. The van der Waals surface area contributed by atoms with E-state index in [1.165, 1.54) is 19.3 Å². The summed E-state index contributed by atoms with van der Waals surface area (Å²) in [7, 11) is 1.60. The van der Waals surface area contributed by atoms with Crippen molar-refractivity contribution in [1.29, 1.82) is 0 Å². The maximum atomic E-state index is 12.6. The van der Waals surface area contributed by atoms with E-state index < -0.39 is 5.60 Å². The average molecular weight is 256 g/mol. The second-order valence-electron chi connectivity index (χ2n) is 5.65. The van der Waals surface area contributed by atoms with E-state index in [0.717, 1.165) is 25.8 Å². The van der Waals surface area contributed by atoms with E-state index in [9.17, 15) is 4.79 Å². The van der Waals surface area contributed by atoms with Gasteiger partial charge in [-0.05, 0) is 39.7 Å². The summed E-state index contributed by atoms with van der Waals surface area (Å²) in [5.74, 6) is 0.102. The monoisotopic (exact) mass is 256 g/mol. The zero-order valence-electron chi connectivity index (χ0n) is 12.1. The van der Waals surface area contributed by atoms with Crippen molar-refractivity contribution in [3.8, 4) is 0 Å². The fourth-order valence-electron chi connectivity index (χ4n) is 2.54. The molecule has 0 heterocycles. The first-order valence-corrected chi connectivity index (χ1v) is 7.09. The molecule has 0 aliphatic heterocycles. The fraction of sp³-hybridized carbons (Fsp3) is 0.929. The molecule has 0 unspecified atom stereocenters. The predicted octanol–water partition coefficient (Wildman–Crippen LogP) is 1.92. The lowest BCUT2D eigenvalue weighted by Gasteiger charge is -2.38. The number of amides is 1. The number of carbonyl (C=O) groups excluding carboxylic acids is 1. The molecule has 0 aromatic carbocycles. The van der Waals surface area contributed by atoms with Gasteiger partial charge >= 0.3 is 0 Å². The first-order chi connectivity index (χ1) is 8.53. The molecule has 1 rings (SSSR count). The fourth-order valence-corrected chi connectivity index (χ4v) is 2.54. The van der Waals surface area contributed by atoms with Gasteiger partial charge in [-0.1, -0.05) is 19.3 Å². The number of ether oxygens (including phenoxy) is 1. The van der Waals surface area contributed by atoms with Gasteiger partial charge in [0.15, 0.2) is 0 Å². The van der Waals surface area contributed by atoms with Gasteiger partial charge in [0.25, 0.3) is 5.91 Å². The minimum atomic E-state index is -0.730. The van der Waals surface area contributed by atoms with Crippen molar-refractivity contribution in [1.82, 2.24) is 4.90 Å². The largest absolute Gasteiger partial charge is 0.369 e. The number of nitrogens with two attached hydrogens (primary N) is 1. The van der Waals surface area contributed by atoms with Crippen molar-refractivity contribution in [2.75, 3.05) is 20.2 Å². The van der Waals surface area contributed by atoms with Crippen molar-refractivity contribution < 1.29 is 9.53 Å². The van der Waals surface area contributed by atoms with Crippen LogP contribution in [0, 0.1) is 0 Å². The highest BCUT2D eigenvalue weighted by atomic mass is 16.5. The Balaban J connectivity index is 2.72. The number of hydrogen-bond donors (Lipinski definition) is 1. The molecular weight excluding hydrogens is 228 g/mol. The average Bonchev–Trinajstić information content (AvgIpc) is 2.40. The van der Waals surface area contributed by atoms with E-state index in [2.05, 4.69) is 0 Å². The number of rotatable bonds is 6. The number of nitrogens with zero attached hydrogens (tertiary/aromatic N) is 1. The highest BCUT2D eigenvalue weighted by Crippen LogP contribution is 2.25. The third kappa shape index (κ3) is 3.95. The van der Waals surface area contributed by atoms with Crippen molar-refractivity contribution in [3.05, 3.63) is 0 Å². The van der Waals surface area contributed by atoms with Gasteiger partial charge in [-0.25, -0.2) is 0 Å². The maximum Gasteiger partial charge on any atom is 0.254 e. The Kier molecular flexibility index (Phi) is 6.09. The third-order valence-electron chi connectivity index (χ3n) is 3.90. The molecule has 18 heavy (non-hydrogen) atoms. The van der Waals surface area contributed by atoms with Crippen molar-refractivity contribution in [2.24, 2.45) is 5.73 Å². The molecular formula is C14H28N2O2. The van der Waals surface area contributed by atoms with Crippen LogP contribution in [0.2, 0.25) is 0 Å². The van der Waals surface area contributed by atoms with Gasteiger partial charge in [0.2, 0.25) is 0 Å². The van der Waals surface area contributed by atoms with Crippen LogP contribution < -0.4 is 5.73 Å². The molecule has 0 saturated heterocycles. The van der Waals surface area contributed by atoms with E-state index >= 15 is 0 Å². The smallest absolute Gasteiger partial charge is 0.254 e. The van der Waals surface area contributed by atoms with Gasteiger partial charge in [-0.2, -0.15) is 0 Å². The highest BCUT2D eigenvalue weighted by Gasteiger charge is 2.35. The van der Waals surface area contributed by atoms with E-state index in [1.54, 1.807) is 7.11 Å². The van der Waals surface area contributed by atoms with Crippen LogP contribution in [0.15, 0.2) is 0 Å². The summed E-state index contributed by atoms with van der Waals surface area (Å²) in [4.78, 5) is 14.6. The summed E-state index contributed by atoms with van der Waals surface area (Å²) in [6, 6.07) is 0.382. The van der Waals surface area contributed by atoms with E-state index in [-0.39, 0.29) is 5.91 Å². The molecule has 0 spiro atoms. The summed E-state index contributed by atoms with van der Waals surface area (Å²) in [6.07, 6.45) is 6.85. The highest BCUT2D eigenvalue weighted by molar-refractivity contribution is 5.84. The van der Waals surface area contributed by atoms with Crippen molar-refractivity contribution in [2.45, 2.75) is 64.0 Å². The summed E-state index contributed by atoms with van der Waals surface area (Å²) in [6.45, 7) is 5.07. The Morgan fingerprint density at radius 3 is 2.44 bits per heavy atom. The molecule has 0 aromatic heterocycles. The Labute approximate surface area is 111 Å². The molecule has 1 aliphatic rings. The van der Waals surface area contributed by atoms with Crippen molar-refractivity contribution in [3.63, 3.8) is 0 Å². The Bertz CT molecular complexity index is 261. The molecule has 0 radical (unpaired) electrons. The van der Waals surface area contributed by atoms with Crippen LogP contribution in [0.3, 0.4) is 0 Å². The summed E-state index contributed by atoms with van der Waals surface area (Å²) >= 11 is 0. The van der Waals surface area contributed by atoms with Crippen LogP contribution in [0.25, 0.3) is 0 Å². The molecule has 1 saturated carbocycles. The van der Waals surface area contributed by atoms with E-state index in [0.29, 0.717) is 12.6 Å². The predicted molar refractivity (Wildman–Crippen MR) is 73.3 cm³/mol. The van der Waals surface area contributed by atoms with Crippen LogP contribution in [-0.4, -0.2) is 42.6 Å². The van der Waals surface area contributed by atoms with Gasteiger partial charge in [-0.3, -0.25) is 4.79 Å². The standard InChI is InChI=1S/C14H28N2O2/c1-14(2,18-3)13(17)16(11-7-10-15)12-8-5-4-6-9-12/h12H,4-11,15H2,1-3H3. The maximum absolute atomic E-state index is 12.6. The van der Waals surface area contributed by atoms with E-state index in [1.807, 2.05) is 18.7 Å². The molecule has 2 N–H and O–H groups in total. The Hall–Kier alpha value is -0.610. The summed E-state index contributed by atoms with van der Waals surface area (Å²) in [5, 5.41) is 0. The molecule has 4 heteroatoms. The summed E-state index contributed by atoms with van der Waals surface area (Å²) < 4.78 is 5.33. The van der Waals surface area contributed by atoms with Crippen LogP contribution in [0.5, 0.6) is 0 Å². The van der Waals surface area contributed by atoms with Gasteiger partial charge in [0.05, 0.1) is 0 Å². The quantitative estimate of drug-likeness (QED) is 0.790. The van der Waals surface area contributed by atoms with Crippen LogP contribution in [0.1, 0.15) is 52.4 Å². The number of methoxy groups -OCH3 is 1. The van der Waals surface area contributed by atoms with E-state index in [4.69, 9.17) is 10.5 Å². The lowest BCUT2D eigenvalue weighted by Crippen LogP contribution is -2.51. The summed E-state index contributed by atoms with van der Waals surface area (Å²) in [5.41, 5.74) is 4.85. The minimum absolute atomic E-state index is 0.102. The van der Waals surface area contributed by atoms with Gasteiger partial charge in [0.1, 0.15) is 5.60 Å². The molecule has 1 aliphatic carbocycles. The molecule has 0 bridgehead atoms. The number of carbonyl (C=O) groups is 1. The molecule has 1 fully saturated rings. The van der Waals surface area contributed by atoms with Crippen LogP contribution >= 0.6 is 0 Å². The zero-order valence-corrected chi connectivity index (χ0v) is 12.1. The Morgan fingerprint density at radius 2 is 1.94 bits per heavy atom. The van der Waals surface area contributed by atoms with Crippen molar-refractivity contribution >= 4 is 5.91 Å².